The number of aliphatic carboxylic acids is 1. The Morgan fingerprint density at radius 2 is 1.75 bits per heavy atom. The smallest absolute Gasteiger partial charge is 0.422 e. The molecule has 0 amide bonds. The van der Waals surface area contributed by atoms with Crippen LogP contribution in [0.4, 0.5) is 18.9 Å². The number of para-hydroxylation sites is 1. The Labute approximate surface area is 89.9 Å². The number of carboxylic acid groups (broad SMARTS) is 1. The molecule has 3 nitrogen and oxygen atoms in total. The minimum atomic E-state index is -4.88. The van der Waals surface area contributed by atoms with E-state index in [0.717, 1.165) is 0 Å². The molecule has 1 rings (SSSR count). The van der Waals surface area contributed by atoms with E-state index in [1.54, 1.807) is 6.07 Å². The molecule has 0 aliphatic carbocycles. The van der Waals surface area contributed by atoms with Crippen LogP contribution in [0.15, 0.2) is 30.3 Å². The third kappa shape index (κ3) is 2.26. The molecule has 16 heavy (non-hydrogen) atoms. The lowest BCUT2D eigenvalue weighted by Crippen LogP contribution is -2.55. The van der Waals surface area contributed by atoms with E-state index in [-0.39, 0.29) is 5.69 Å². The fourth-order valence-corrected chi connectivity index (χ4v) is 1.06. The first-order valence-corrected chi connectivity index (χ1v) is 4.41. The van der Waals surface area contributed by atoms with Gasteiger partial charge in [0.05, 0.1) is 0 Å². The molecule has 0 bridgehead atoms. The quantitative estimate of drug-likeness (QED) is 0.843. The van der Waals surface area contributed by atoms with E-state index in [1.807, 2.05) is 5.32 Å². The van der Waals surface area contributed by atoms with E-state index in [1.165, 1.54) is 24.3 Å². The molecule has 0 saturated carbocycles. The van der Waals surface area contributed by atoms with Gasteiger partial charge in [-0.15, -0.1) is 0 Å². The van der Waals surface area contributed by atoms with Gasteiger partial charge in [-0.3, -0.25) is 0 Å². The third-order valence-corrected chi connectivity index (χ3v) is 2.16. The Morgan fingerprint density at radius 1 is 1.25 bits per heavy atom. The topological polar surface area (TPSA) is 49.3 Å². The second-order valence-corrected chi connectivity index (χ2v) is 3.42. The van der Waals surface area contributed by atoms with Crippen LogP contribution in [0.25, 0.3) is 0 Å². The number of anilines is 1. The van der Waals surface area contributed by atoms with Crippen molar-refractivity contribution in [2.24, 2.45) is 0 Å². The van der Waals surface area contributed by atoms with E-state index in [2.05, 4.69) is 0 Å². The summed E-state index contributed by atoms with van der Waals surface area (Å²) in [6.07, 6.45) is -4.88. The molecule has 1 atom stereocenters. The number of alkyl halides is 3. The first-order valence-electron chi connectivity index (χ1n) is 4.41. The van der Waals surface area contributed by atoms with Gasteiger partial charge in [-0.2, -0.15) is 13.2 Å². The number of carboxylic acids is 1. The molecule has 1 aromatic rings. The molecule has 0 aliphatic heterocycles. The molecule has 0 heterocycles. The van der Waals surface area contributed by atoms with Gasteiger partial charge in [-0.25, -0.2) is 4.79 Å². The van der Waals surface area contributed by atoms with E-state index in [9.17, 15) is 18.0 Å². The van der Waals surface area contributed by atoms with Gasteiger partial charge in [0.1, 0.15) is 0 Å². The normalized spacial score (nSPS) is 15.2. The first-order chi connectivity index (χ1) is 7.27. The molecule has 0 fully saturated rings. The number of halogens is 3. The molecule has 0 saturated heterocycles. The standard InChI is InChI=1S/C10H10F3NO2/c1-9(8(15)16,10(11,12)13)14-7-5-3-2-4-6-7/h2-6,14H,1H3,(H,15,16). The minimum absolute atomic E-state index is 0.102. The summed E-state index contributed by atoms with van der Waals surface area (Å²) in [5.74, 6) is -1.97. The van der Waals surface area contributed by atoms with Crippen molar-refractivity contribution < 1.29 is 23.1 Å². The Hall–Kier alpha value is -1.72. The molecule has 0 aromatic heterocycles. The average Bonchev–Trinajstić information content (AvgIpc) is 2.17. The lowest BCUT2D eigenvalue weighted by molar-refractivity contribution is -0.192. The van der Waals surface area contributed by atoms with Crippen LogP contribution < -0.4 is 5.32 Å². The highest BCUT2D eigenvalue weighted by molar-refractivity contribution is 5.83. The number of rotatable bonds is 3. The monoisotopic (exact) mass is 233 g/mol. The zero-order chi connectivity index (χ0) is 12.4. The Morgan fingerprint density at radius 3 is 2.12 bits per heavy atom. The number of carbonyl (C=O) groups is 1. The highest BCUT2D eigenvalue weighted by Crippen LogP contribution is 2.33. The maximum Gasteiger partial charge on any atom is 0.422 e. The van der Waals surface area contributed by atoms with Crippen molar-refractivity contribution in [3.63, 3.8) is 0 Å². The second kappa shape index (κ2) is 4.03. The van der Waals surface area contributed by atoms with Crippen molar-refractivity contribution >= 4 is 11.7 Å². The molecule has 0 radical (unpaired) electrons. The molecule has 88 valence electrons. The van der Waals surface area contributed by atoms with Gasteiger partial charge in [-0.1, -0.05) is 18.2 Å². The Kier molecular flexibility index (Phi) is 3.11. The largest absolute Gasteiger partial charge is 0.479 e. The first kappa shape index (κ1) is 12.4. The van der Waals surface area contributed by atoms with Crippen LogP contribution in [0.1, 0.15) is 6.92 Å². The highest BCUT2D eigenvalue weighted by atomic mass is 19.4. The Balaban J connectivity index is 3.03. The lowest BCUT2D eigenvalue weighted by Gasteiger charge is -2.29. The van der Waals surface area contributed by atoms with Crippen LogP contribution in [0.5, 0.6) is 0 Å². The third-order valence-electron chi connectivity index (χ3n) is 2.16. The van der Waals surface area contributed by atoms with Crippen molar-refractivity contribution in [2.75, 3.05) is 5.32 Å². The van der Waals surface area contributed by atoms with Gasteiger partial charge < -0.3 is 10.4 Å². The maximum atomic E-state index is 12.6. The van der Waals surface area contributed by atoms with Crippen LogP contribution >= 0.6 is 0 Å². The zero-order valence-corrected chi connectivity index (χ0v) is 8.38. The van der Waals surface area contributed by atoms with Gasteiger partial charge >= 0.3 is 12.1 Å². The molecule has 0 spiro atoms. The summed E-state index contributed by atoms with van der Waals surface area (Å²) in [4.78, 5) is 10.7. The molecule has 0 aliphatic rings. The van der Waals surface area contributed by atoms with Crippen molar-refractivity contribution in [3.05, 3.63) is 30.3 Å². The SMILES string of the molecule is CC(Nc1ccccc1)(C(=O)O)C(F)(F)F. The summed E-state index contributed by atoms with van der Waals surface area (Å²) in [6, 6.07) is 7.39. The molecule has 1 aromatic carbocycles. The van der Waals surface area contributed by atoms with Crippen LogP contribution in [-0.2, 0) is 4.79 Å². The van der Waals surface area contributed by atoms with Gasteiger partial charge in [0.15, 0.2) is 0 Å². The van der Waals surface area contributed by atoms with Gasteiger partial charge in [0, 0.05) is 5.69 Å². The van der Waals surface area contributed by atoms with Crippen molar-refractivity contribution in [1.29, 1.82) is 0 Å². The highest BCUT2D eigenvalue weighted by Gasteiger charge is 2.57. The van der Waals surface area contributed by atoms with Gasteiger partial charge in [-0.05, 0) is 19.1 Å². The fraction of sp³-hybridized carbons (Fsp3) is 0.300. The minimum Gasteiger partial charge on any atom is -0.479 e. The van der Waals surface area contributed by atoms with Crippen molar-refractivity contribution in [1.82, 2.24) is 0 Å². The predicted octanol–water partition coefficient (Wildman–Crippen LogP) is 2.50. The molecular weight excluding hydrogens is 223 g/mol. The average molecular weight is 233 g/mol. The van der Waals surface area contributed by atoms with Crippen molar-refractivity contribution in [2.45, 2.75) is 18.6 Å². The summed E-state index contributed by atoms with van der Waals surface area (Å²) in [5, 5.41) is 10.6. The van der Waals surface area contributed by atoms with E-state index in [0.29, 0.717) is 6.92 Å². The molecule has 6 heteroatoms. The maximum absolute atomic E-state index is 12.6. The van der Waals surface area contributed by atoms with Crippen molar-refractivity contribution in [3.8, 4) is 0 Å². The predicted molar refractivity (Wildman–Crippen MR) is 52.2 cm³/mol. The Bertz CT molecular complexity index is 377. The number of nitrogens with one attached hydrogen (secondary N) is 1. The lowest BCUT2D eigenvalue weighted by atomic mass is 10.0. The summed E-state index contributed by atoms with van der Waals surface area (Å²) in [6.45, 7) is 0.586. The van der Waals surface area contributed by atoms with Crippen LogP contribution in [0.2, 0.25) is 0 Å². The van der Waals surface area contributed by atoms with Crippen LogP contribution in [-0.4, -0.2) is 22.8 Å². The van der Waals surface area contributed by atoms with Crippen LogP contribution in [0.3, 0.4) is 0 Å². The summed E-state index contributed by atoms with van der Waals surface area (Å²) < 4.78 is 37.8. The summed E-state index contributed by atoms with van der Waals surface area (Å²) >= 11 is 0. The summed E-state index contributed by atoms with van der Waals surface area (Å²) in [5.41, 5.74) is -2.89. The molecule has 1 unspecified atom stereocenters. The van der Waals surface area contributed by atoms with Gasteiger partial charge in [0.25, 0.3) is 0 Å². The second-order valence-electron chi connectivity index (χ2n) is 3.42. The van der Waals surface area contributed by atoms with Gasteiger partial charge in [0.2, 0.25) is 5.54 Å². The van der Waals surface area contributed by atoms with E-state index in [4.69, 9.17) is 5.11 Å². The number of hydrogen-bond donors (Lipinski definition) is 2. The zero-order valence-electron chi connectivity index (χ0n) is 8.38. The molecular formula is C10H10F3NO2. The summed E-state index contributed by atoms with van der Waals surface area (Å²) in [7, 11) is 0. The van der Waals surface area contributed by atoms with E-state index >= 15 is 0 Å². The fourth-order valence-electron chi connectivity index (χ4n) is 1.06. The van der Waals surface area contributed by atoms with Crippen LogP contribution in [0, 0.1) is 0 Å². The number of benzene rings is 1. The number of hydrogen-bond acceptors (Lipinski definition) is 2. The van der Waals surface area contributed by atoms with E-state index < -0.39 is 17.7 Å². The molecule has 2 N–H and O–H groups in total.